The summed E-state index contributed by atoms with van der Waals surface area (Å²) in [5.74, 6) is 1.08. The van der Waals surface area contributed by atoms with Crippen molar-refractivity contribution in [1.82, 2.24) is 0 Å². The molecule has 2 heteroatoms. The van der Waals surface area contributed by atoms with E-state index in [-0.39, 0.29) is 0 Å². The molecular weight excluding hydrogens is 216 g/mol. The summed E-state index contributed by atoms with van der Waals surface area (Å²) in [4.78, 5) is 1.37. The van der Waals surface area contributed by atoms with Crippen LogP contribution < -0.4 is 4.74 Å². The number of aryl methyl sites for hydroxylation is 2. The first kappa shape index (κ1) is 9.91. The van der Waals surface area contributed by atoms with Crippen molar-refractivity contribution in [1.29, 1.82) is 0 Å². The van der Waals surface area contributed by atoms with Gasteiger partial charge in [-0.2, -0.15) is 0 Å². The van der Waals surface area contributed by atoms with E-state index in [2.05, 4.69) is 36.6 Å². The van der Waals surface area contributed by atoms with Gasteiger partial charge in [0, 0.05) is 4.88 Å². The van der Waals surface area contributed by atoms with Crippen LogP contribution in [0.5, 0.6) is 5.75 Å². The molecule has 0 spiro atoms. The molecule has 1 aliphatic rings. The Morgan fingerprint density at radius 2 is 2.19 bits per heavy atom. The summed E-state index contributed by atoms with van der Waals surface area (Å²) in [5, 5.41) is 2.14. The van der Waals surface area contributed by atoms with Crippen LogP contribution in [0.3, 0.4) is 0 Å². The molecule has 0 amide bonds. The fourth-order valence-corrected chi connectivity index (χ4v) is 2.91. The number of ether oxygens (including phenoxy) is 1. The van der Waals surface area contributed by atoms with Crippen LogP contribution in [-0.2, 0) is 6.42 Å². The summed E-state index contributed by atoms with van der Waals surface area (Å²) in [5.41, 5.74) is 3.96. The van der Waals surface area contributed by atoms with E-state index in [0.717, 1.165) is 25.2 Å². The average Bonchev–Trinajstić information content (AvgIpc) is 2.75. The molecule has 0 radical (unpaired) electrons. The van der Waals surface area contributed by atoms with Gasteiger partial charge in [-0.1, -0.05) is 12.1 Å². The van der Waals surface area contributed by atoms with Crippen molar-refractivity contribution < 1.29 is 4.74 Å². The topological polar surface area (TPSA) is 9.23 Å². The molecule has 0 atom stereocenters. The van der Waals surface area contributed by atoms with Crippen molar-refractivity contribution in [3.05, 3.63) is 40.1 Å². The van der Waals surface area contributed by atoms with E-state index < -0.39 is 0 Å². The highest BCUT2D eigenvalue weighted by atomic mass is 32.1. The highest BCUT2D eigenvalue weighted by Crippen LogP contribution is 2.33. The smallest absolute Gasteiger partial charge is 0.123 e. The summed E-state index contributed by atoms with van der Waals surface area (Å²) in [6.07, 6.45) is 2.29. The maximum Gasteiger partial charge on any atom is 0.123 e. The van der Waals surface area contributed by atoms with Gasteiger partial charge < -0.3 is 4.74 Å². The molecule has 0 N–H and O–H groups in total. The summed E-state index contributed by atoms with van der Waals surface area (Å²) >= 11 is 1.80. The minimum atomic E-state index is 0.860. The Balaban J connectivity index is 2.06. The van der Waals surface area contributed by atoms with E-state index >= 15 is 0 Å². The number of thiophene rings is 1. The summed E-state index contributed by atoms with van der Waals surface area (Å²) in [6, 6.07) is 8.79. The third-order valence-corrected chi connectivity index (χ3v) is 3.93. The molecule has 1 nitrogen and oxygen atoms in total. The van der Waals surface area contributed by atoms with Crippen LogP contribution in [0.25, 0.3) is 11.1 Å². The number of rotatable bonds is 1. The fourth-order valence-electron chi connectivity index (χ4n) is 2.19. The number of benzene rings is 1. The van der Waals surface area contributed by atoms with Crippen LogP contribution in [0.2, 0.25) is 0 Å². The molecule has 0 saturated carbocycles. The molecule has 0 bridgehead atoms. The van der Waals surface area contributed by atoms with Crippen LogP contribution in [0.4, 0.5) is 0 Å². The molecule has 0 fully saturated rings. The summed E-state index contributed by atoms with van der Waals surface area (Å²) in [7, 11) is 0. The standard InChI is InChI=1S/C14H14OS/c1-10-13(6-8-16-10)12-5-4-11-3-2-7-15-14(11)9-12/h4-6,8-9H,2-3,7H2,1H3. The van der Waals surface area contributed by atoms with Crippen LogP contribution in [0.1, 0.15) is 16.9 Å². The molecule has 1 aromatic heterocycles. The van der Waals surface area contributed by atoms with Gasteiger partial charge in [0.05, 0.1) is 6.61 Å². The van der Waals surface area contributed by atoms with Gasteiger partial charge in [-0.15, -0.1) is 11.3 Å². The van der Waals surface area contributed by atoms with Crippen LogP contribution in [0, 0.1) is 6.92 Å². The third kappa shape index (κ3) is 1.63. The van der Waals surface area contributed by atoms with Gasteiger partial charge in [-0.3, -0.25) is 0 Å². The third-order valence-electron chi connectivity index (χ3n) is 3.09. The first-order chi connectivity index (χ1) is 7.84. The van der Waals surface area contributed by atoms with Crippen LogP contribution in [-0.4, -0.2) is 6.61 Å². The minimum absolute atomic E-state index is 0.860. The Morgan fingerprint density at radius 1 is 1.25 bits per heavy atom. The van der Waals surface area contributed by atoms with Gasteiger partial charge in [-0.05, 0) is 54.0 Å². The minimum Gasteiger partial charge on any atom is -0.493 e. The summed E-state index contributed by atoms with van der Waals surface area (Å²) < 4.78 is 5.71. The van der Waals surface area contributed by atoms with Gasteiger partial charge >= 0.3 is 0 Å². The molecule has 0 unspecified atom stereocenters. The lowest BCUT2D eigenvalue weighted by molar-refractivity contribution is 0.288. The second-order valence-electron chi connectivity index (χ2n) is 4.16. The normalized spacial score (nSPS) is 14.3. The molecule has 16 heavy (non-hydrogen) atoms. The van der Waals surface area contributed by atoms with Gasteiger partial charge in [-0.25, -0.2) is 0 Å². The van der Waals surface area contributed by atoms with E-state index in [1.807, 2.05) is 0 Å². The highest BCUT2D eigenvalue weighted by Gasteiger charge is 2.12. The van der Waals surface area contributed by atoms with E-state index in [1.54, 1.807) is 11.3 Å². The van der Waals surface area contributed by atoms with Gasteiger partial charge in [0.2, 0.25) is 0 Å². The molecule has 0 aliphatic carbocycles. The van der Waals surface area contributed by atoms with Crippen molar-refractivity contribution >= 4 is 11.3 Å². The van der Waals surface area contributed by atoms with E-state index in [4.69, 9.17) is 4.74 Å². The number of hydrogen-bond donors (Lipinski definition) is 0. The van der Waals surface area contributed by atoms with Crippen molar-refractivity contribution in [2.24, 2.45) is 0 Å². The SMILES string of the molecule is Cc1sccc1-c1ccc2c(c1)OCCC2. The lowest BCUT2D eigenvalue weighted by Gasteiger charge is -2.17. The zero-order valence-electron chi connectivity index (χ0n) is 9.32. The molecule has 82 valence electrons. The van der Waals surface area contributed by atoms with Crippen molar-refractivity contribution in [3.8, 4) is 16.9 Å². The maximum atomic E-state index is 5.71. The molecular formula is C14H14OS. The summed E-state index contributed by atoms with van der Waals surface area (Å²) in [6.45, 7) is 3.03. The maximum absolute atomic E-state index is 5.71. The quantitative estimate of drug-likeness (QED) is 0.718. The molecule has 2 heterocycles. The van der Waals surface area contributed by atoms with Gasteiger partial charge in [0.15, 0.2) is 0 Å². The van der Waals surface area contributed by atoms with Crippen LogP contribution in [0.15, 0.2) is 29.6 Å². The van der Waals surface area contributed by atoms with Gasteiger partial charge in [0.1, 0.15) is 5.75 Å². The molecule has 1 aliphatic heterocycles. The Hall–Kier alpha value is -1.28. The predicted molar refractivity (Wildman–Crippen MR) is 68.3 cm³/mol. The number of hydrogen-bond acceptors (Lipinski definition) is 2. The molecule has 1 aromatic carbocycles. The first-order valence-electron chi connectivity index (χ1n) is 5.65. The van der Waals surface area contributed by atoms with Crippen molar-refractivity contribution in [3.63, 3.8) is 0 Å². The highest BCUT2D eigenvalue weighted by molar-refractivity contribution is 7.10. The van der Waals surface area contributed by atoms with Gasteiger partial charge in [0.25, 0.3) is 0 Å². The molecule has 0 saturated heterocycles. The van der Waals surface area contributed by atoms with Crippen molar-refractivity contribution in [2.45, 2.75) is 19.8 Å². The van der Waals surface area contributed by atoms with Crippen LogP contribution >= 0.6 is 11.3 Å². The first-order valence-corrected chi connectivity index (χ1v) is 6.53. The number of fused-ring (bicyclic) bond motifs is 1. The van der Waals surface area contributed by atoms with E-state index in [1.165, 1.54) is 21.6 Å². The zero-order chi connectivity index (χ0) is 11.0. The average molecular weight is 230 g/mol. The molecule has 2 aromatic rings. The van der Waals surface area contributed by atoms with Crippen molar-refractivity contribution in [2.75, 3.05) is 6.61 Å². The Morgan fingerprint density at radius 3 is 3.00 bits per heavy atom. The predicted octanol–water partition coefficient (Wildman–Crippen LogP) is 4.05. The zero-order valence-corrected chi connectivity index (χ0v) is 10.1. The second-order valence-corrected chi connectivity index (χ2v) is 5.29. The Kier molecular flexibility index (Phi) is 2.44. The largest absolute Gasteiger partial charge is 0.493 e. The monoisotopic (exact) mass is 230 g/mol. The van der Waals surface area contributed by atoms with E-state index in [0.29, 0.717) is 0 Å². The van der Waals surface area contributed by atoms with E-state index in [9.17, 15) is 0 Å². The Bertz CT molecular complexity index is 513. The lowest BCUT2D eigenvalue weighted by atomic mass is 10.0. The fraction of sp³-hybridized carbons (Fsp3) is 0.286. The lowest BCUT2D eigenvalue weighted by Crippen LogP contribution is -2.07. The molecule has 3 rings (SSSR count). The Labute approximate surface area is 99.7 Å². The second kappa shape index (κ2) is 3.95.